The Kier molecular flexibility index (Phi) is 35.6. The lowest BCUT2D eigenvalue weighted by molar-refractivity contribution is -0.161. The second-order valence-electron chi connectivity index (χ2n) is 17.5. The molecule has 0 bridgehead atoms. The molecular weight excluding hydrogens is 1040 g/mol. The summed E-state index contributed by atoms with van der Waals surface area (Å²) in [5.41, 5.74) is 4.54. The molecule has 2 rings (SSSR count). The van der Waals surface area contributed by atoms with Crippen molar-refractivity contribution < 1.29 is 81.6 Å². The number of ether oxygens (including phenoxy) is 3. The Morgan fingerprint density at radius 3 is 1.96 bits per heavy atom. The van der Waals surface area contributed by atoms with Crippen molar-refractivity contribution >= 4 is 33.4 Å². The predicted molar refractivity (Wildman–Crippen MR) is 292 cm³/mol. The third-order valence-electron chi connectivity index (χ3n) is 10.9. The number of allylic oxidation sites excluding steroid dienone is 17. The van der Waals surface area contributed by atoms with E-state index in [4.69, 9.17) is 29.0 Å². The predicted octanol–water partition coefficient (Wildman–Crippen LogP) is 7.69. The highest BCUT2D eigenvalue weighted by atomic mass is 31.3. The monoisotopic (exact) mass is 1120 g/mol. The zero-order chi connectivity index (χ0) is 56.7. The maximum Gasteiger partial charge on any atom is 0.481 e. The number of carbonyl (C=O) groups excluding carboxylic acids is 2. The smallest absolute Gasteiger partial charge is 0.462 e. The molecule has 1 fully saturated rings. The van der Waals surface area contributed by atoms with Gasteiger partial charge >= 0.3 is 33.3 Å². The van der Waals surface area contributed by atoms with Crippen LogP contribution in [-0.4, -0.2) is 119 Å². The number of anilines is 1. The molecule has 1 aliphatic heterocycles. The Hall–Kier alpha value is -4.96. The molecule has 0 radical (unpaired) electrons. The van der Waals surface area contributed by atoms with Crippen molar-refractivity contribution in [1.29, 1.82) is 0 Å². The number of phosphoric ester groups is 2. The maximum atomic E-state index is 12.9. The summed E-state index contributed by atoms with van der Waals surface area (Å²) in [6, 6.07) is 1.22. The highest BCUT2D eigenvalue weighted by Crippen LogP contribution is 2.60. The molecule has 0 aliphatic carbocycles. The van der Waals surface area contributed by atoms with Gasteiger partial charge in [0.25, 0.3) is 0 Å². The van der Waals surface area contributed by atoms with Crippen LogP contribution in [0.15, 0.2) is 139 Å². The van der Waals surface area contributed by atoms with E-state index < -0.39 is 102 Å². The number of aliphatic hydroxyl groups excluding tert-OH is 5. The summed E-state index contributed by atoms with van der Waals surface area (Å²) < 4.78 is 56.4. The molecule has 1 aromatic rings. The number of nitrogens with two attached hydrogens (primary N) is 1. The quantitative estimate of drug-likeness (QED) is 0.0103. The molecule has 430 valence electrons. The number of esters is 2. The van der Waals surface area contributed by atoms with Gasteiger partial charge < -0.3 is 55.3 Å². The zero-order valence-corrected chi connectivity index (χ0v) is 45.8. The molecule has 1 aliphatic rings. The van der Waals surface area contributed by atoms with Crippen molar-refractivity contribution in [3.63, 3.8) is 0 Å². The van der Waals surface area contributed by atoms with Gasteiger partial charge in [-0.05, 0) is 76.7 Å². The van der Waals surface area contributed by atoms with E-state index >= 15 is 0 Å². The average molecular weight is 1120 g/mol. The molecule has 0 saturated carbocycles. The lowest BCUT2D eigenvalue weighted by atomic mass is 10.1. The fourth-order valence-electron chi connectivity index (χ4n) is 6.75. The van der Waals surface area contributed by atoms with Gasteiger partial charge in [-0.3, -0.25) is 23.2 Å². The third kappa shape index (κ3) is 32.5. The minimum atomic E-state index is -5.54. The van der Waals surface area contributed by atoms with E-state index in [2.05, 4.69) is 52.7 Å². The van der Waals surface area contributed by atoms with Gasteiger partial charge in [-0.2, -0.15) is 9.29 Å². The van der Waals surface area contributed by atoms with Crippen LogP contribution in [0.4, 0.5) is 5.82 Å². The molecule has 2 heterocycles. The summed E-state index contributed by atoms with van der Waals surface area (Å²) in [5, 5.41) is 51.6. The van der Waals surface area contributed by atoms with Gasteiger partial charge in [0.2, 0.25) is 0 Å². The molecule has 0 aromatic carbocycles. The Labute approximate surface area is 452 Å². The topological polar surface area (TPSA) is 326 Å². The van der Waals surface area contributed by atoms with Crippen LogP contribution in [0.1, 0.15) is 116 Å². The molecule has 1 saturated heterocycles. The molecule has 77 heavy (non-hydrogen) atoms. The Bertz CT molecular complexity index is 2330. The number of aromatic nitrogens is 2. The summed E-state index contributed by atoms with van der Waals surface area (Å²) in [6.07, 6.45) is 36.5. The van der Waals surface area contributed by atoms with Crippen LogP contribution in [0.2, 0.25) is 0 Å². The number of rotatable bonds is 40. The number of phosphoric acid groups is 2. The Morgan fingerprint density at radius 1 is 0.740 bits per heavy atom. The lowest BCUT2D eigenvalue weighted by Gasteiger charge is -2.21. The van der Waals surface area contributed by atoms with Crippen molar-refractivity contribution in [3.05, 3.63) is 144 Å². The Balaban J connectivity index is 1.92. The Morgan fingerprint density at radius 2 is 1.34 bits per heavy atom. The van der Waals surface area contributed by atoms with Gasteiger partial charge in [0.15, 0.2) is 12.3 Å². The molecule has 2 unspecified atom stereocenters. The first-order chi connectivity index (χ1) is 36.9. The molecule has 9 N–H and O–H groups in total. The summed E-state index contributed by atoms with van der Waals surface area (Å²) >= 11 is 0. The standard InChI is InChI=1S/C54H81N3O18P2/c1-3-5-7-8-9-10-11-12-13-14-15-16-17-18-19-20-21-26-30-36-49(61)70-40-44(73-50(62)37-31-35-46(60)45(59)34-29-25-23-22-24-28-33-43(58)32-27-6-4-2)41-71-76(66,67)75-77(68,69)72-42-47-51(63)52(64)53(74-47)57-39-38-48(55)56-54(57)65/h6,9-10,12-13,15-16,18-19,21-29,33-34,38-39,43-47,51-53,58-60,63-64H,3-5,7-8,11,14,17,20,30-32,35-37,40-42H2,1-2H3,(H,66,67)(H,68,69)(H2,55,56,65)/b10-9-,13-12-,16-15-,19-18-,24-22+,25-23-,26-21-,27-6-,33-28+,34-29-/t43-,44+,45+,46+,47+,51+,52+,53+/m0/s1. The molecule has 1 aromatic heterocycles. The van der Waals surface area contributed by atoms with Crippen molar-refractivity contribution in [2.24, 2.45) is 0 Å². The minimum absolute atomic E-state index is 0.00802. The second-order valence-corrected chi connectivity index (χ2v) is 20.5. The van der Waals surface area contributed by atoms with E-state index in [0.29, 0.717) is 19.3 Å². The van der Waals surface area contributed by atoms with Crippen LogP contribution in [-0.2, 0) is 46.3 Å². The van der Waals surface area contributed by atoms with E-state index in [1.807, 2.05) is 37.3 Å². The largest absolute Gasteiger partial charge is 0.481 e. The van der Waals surface area contributed by atoms with Crippen LogP contribution >= 0.6 is 15.6 Å². The van der Waals surface area contributed by atoms with Gasteiger partial charge in [0.05, 0.1) is 31.5 Å². The van der Waals surface area contributed by atoms with Crippen LogP contribution in [0, 0.1) is 0 Å². The molecular formula is C54H81N3O18P2. The maximum absolute atomic E-state index is 12.9. The third-order valence-corrected chi connectivity index (χ3v) is 13.5. The van der Waals surface area contributed by atoms with E-state index in [1.165, 1.54) is 37.5 Å². The molecule has 10 atom stereocenters. The number of unbranched alkanes of at least 4 members (excludes halogenated alkanes) is 3. The zero-order valence-electron chi connectivity index (χ0n) is 44.0. The van der Waals surface area contributed by atoms with Crippen LogP contribution in [0.3, 0.4) is 0 Å². The van der Waals surface area contributed by atoms with Crippen molar-refractivity contribution in [2.75, 3.05) is 25.6 Å². The molecule has 0 amide bonds. The second kappa shape index (κ2) is 40.3. The first kappa shape index (κ1) is 68.1. The summed E-state index contributed by atoms with van der Waals surface area (Å²) in [7, 11) is -11.1. The molecule has 0 spiro atoms. The van der Waals surface area contributed by atoms with Gasteiger partial charge in [-0.15, -0.1) is 0 Å². The number of nitrogen functional groups attached to an aromatic ring is 1. The van der Waals surface area contributed by atoms with Crippen LogP contribution in [0.25, 0.3) is 0 Å². The normalized spacial score (nSPS) is 20.8. The SMILES string of the molecule is CC/C=C\C[C@H](O)/C=C/C=C/C=C\C=C/[C@@H](O)[C@H](O)CCCC(=O)O[C@H](COC(=O)CC/C=C\C/C=C\C/C=C\C/C=C\C/C=C\CCCCC)COP(=O)(O)OP(=O)(O)OC[C@H]1O[C@@H](n2ccc(N)nc2=O)[C@H](O)[C@@H]1O. The van der Waals surface area contributed by atoms with Gasteiger partial charge in [0, 0.05) is 19.0 Å². The number of carbonyl (C=O) groups is 2. The van der Waals surface area contributed by atoms with Crippen molar-refractivity contribution in [2.45, 2.75) is 159 Å². The highest BCUT2D eigenvalue weighted by molar-refractivity contribution is 7.61. The van der Waals surface area contributed by atoms with E-state index in [9.17, 15) is 58.8 Å². The van der Waals surface area contributed by atoms with Gasteiger partial charge in [-0.25, -0.2) is 13.9 Å². The molecule has 23 heteroatoms. The van der Waals surface area contributed by atoms with Crippen molar-refractivity contribution in [1.82, 2.24) is 9.55 Å². The van der Waals surface area contributed by atoms with Crippen LogP contribution < -0.4 is 11.4 Å². The summed E-state index contributed by atoms with van der Waals surface area (Å²) in [4.78, 5) is 62.0. The number of hydrogen-bond acceptors (Lipinski definition) is 18. The first-order valence-electron chi connectivity index (χ1n) is 25.9. The van der Waals surface area contributed by atoms with E-state index in [-0.39, 0.29) is 31.5 Å². The summed E-state index contributed by atoms with van der Waals surface area (Å²) in [5.74, 6) is -1.77. The fourth-order valence-corrected chi connectivity index (χ4v) is 8.86. The van der Waals surface area contributed by atoms with Crippen molar-refractivity contribution in [3.8, 4) is 0 Å². The van der Waals surface area contributed by atoms with Crippen LogP contribution in [0.5, 0.6) is 0 Å². The fraction of sp³-hybridized carbons (Fsp3) is 0.519. The van der Waals surface area contributed by atoms with Gasteiger partial charge in [0.1, 0.15) is 30.7 Å². The van der Waals surface area contributed by atoms with E-state index in [0.717, 1.165) is 42.9 Å². The minimum Gasteiger partial charge on any atom is -0.462 e. The highest BCUT2D eigenvalue weighted by Gasteiger charge is 2.46. The number of nitrogens with zero attached hydrogens (tertiary/aromatic N) is 2. The average Bonchev–Trinajstić information content (AvgIpc) is 3.67. The summed E-state index contributed by atoms with van der Waals surface area (Å²) in [6.45, 7) is 1.51. The first-order valence-corrected chi connectivity index (χ1v) is 28.9. The van der Waals surface area contributed by atoms with E-state index in [1.54, 1.807) is 42.5 Å². The lowest BCUT2D eigenvalue weighted by Crippen LogP contribution is -2.36. The molecule has 21 nitrogen and oxygen atoms in total. The number of hydrogen-bond donors (Lipinski definition) is 8. The van der Waals surface area contributed by atoms with Gasteiger partial charge in [-0.1, -0.05) is 148 Å². The number of aliphatic hydroxyl groups is 5.